The topological polar surface area (TPSA) is 156 Å². The fourth-order valence-corrected chi connectivity index (χ4v) is 6.72. The minimum absolute atomic E-state index is 0.0732. The van der Waals surface area contributed by atoms with Crippen LogP contribution in [-0.4, -0.2) is 98.2 Å². The molecule has 2 aliphatic heterocycles. The number of amides is 2. The summed E-state index contributed by atoms with van der Waals surface area (Å²) in [7, 11) is 4.75. The number of aliphatic hydroxyl groups excluding tert-OH is 2. The summed E-state index contributed by atoms with van der Waals surface area (Å²) in [5.74, 6) is 0.699. The number of nitrogens with two attached hydrogens (primary N) is 1. The first-order chi connectivity index (χ1) is 25.8. The van der Waals surface area contributed by atoms with E-state index in [1.807, 2.05) is 48.5 Å². The van der Waals surface area contributed by atoms with Crippen molar-refractivity contribution in [1.82, 2.24) is 9.80 Å². The maximum atomic E-state index is 13.9. The third-order valence-corrected chi connectivity index (χ3v) is 9.72. The summed E-state index contributed by atoms with van der Waals surface area (Å²) in [6.07, 6.45) is 4.60. The first kappa shape index (κ1) is 38.9. The van der Waals surface area contributed by atoms with E-state index in [0.717, 1.165) is 22.3 Å². The Labute approximate surface area is 311 Å². The Kier molecular flexibility index (Phi) is 13.6. The summed E-state index contributed by atoms with van der Waals surface area (Å²) in [6, 6.07) is 18.5. The van der Waals surface area contributed by atoms with Crippen molar-refractivity contribution in [1.29, 1.82) is 0 Å². The molecule has 5 rings (SSSR count). The van der Waals surface area contributed by atoms with Gasteiger partial charge in [-0.2, -0.15) is 0 Å². The van der Waals surface area contributed by atoms with E-state index in [1.165, 1.54) is 20.3 Å². The predicted octanol–water partition coefficient (Wildman–Crippen LogP) is 3.96. The predicted molar refractivity (Wildman–Crippen MR) is 202 cm³/mol. The van der Waals surface area contributed by atoms with Gasteiger partial charge < -0.3 is 50.0 Å². The van der Waals surface area contributed by atoms with Gasteiger partial charge in [0.15, 0.2) is 11.5 Å². The molecular weight excluding hydrogens is 676 g/mol. The van der Waals surface area contributed by atoms with Crippen LogP contribution in [0.1, 0.15) is 39.0 Å². The van der Waals surface area contributed by atoms with Crippen LogP contribution < -0.4 is 20.5 Å². The summed E-state index contributed by atoms with van der Waals surface area (Å²) in [5.41, 5.74) is 11.9. The van der Waals surface area contributed by atoms with Crippen molar-refractivity contribution in [3.05, 3.63) is 124 Å². The van der Waals surface area contributed by atoms with Gasteiger partial charge in [0.1, 0.15) is 12.4 Å². The lowest BCUT2D eigenvalue weighted by atomic mass is 9.93. The molecule has 2 amide bonds. The number of ether oxygens (including phenoxy) is 4. The number of fused-ring (bicyclic) bond motifs is 2. The van der Waals surface area contributed by atoms with Crippen LogP contribution in [-0.2, 0) is 40.2 Å². The van der Waals surface area contributed by atoms with Crippen LogP contribution in [0, 0.1) is 0 Å². The zero-order valence-electron chi connectivity index (χ0n) is 30.7. The monoisotopic (exact) mass is 726 g/mol. The van der Waals surface area contributed by atoms with Gasteiger partial charge in [0.2, 0.25) is 0 Å². The molecule has 3 aromatic carbocycles. The van der Waals surface area contributed by atoms with E-state index in [2.05, 4.69) is 11.9 Å². The van der Waals surface area contributed by atoms with Crippen molar-refractivity contribution in [2.75, 3.05) is 59.6 Å². The number of aliphatic hydroxyl groups is 2. The highest BCUT2D eigenvalue weighted by Crippen LogP contribution is 2.36. The average Bonchev–Trinajstić information content (AvgIpc) is 3.20. The molecule has 2 unspecified atom stereocenters. The molecule has 282 valence electrons. The minimum Gasteiger partial charge on any atom is -0.499 e. The molecule has 2 aliphatic rings. The van der Waals surface area contributed by atoms with Crippen LogP contribution in [0.2, 0.25) is 0 Å². The van der Waals surface area contributed by atoms with E-state index >= 15 is 0 Å². The highest BCUT2D eigenvalue weighted by Gasteiger charge is 2.33. The lowest BCUT2D eigenvalue weighted by Gasteiger charge is -2.36. The van der Waals surface area contributed by atoms with Gasteiger partial charge in [-0.3, -0.25) is 9.59 Å². The Morgan fingerprint density at radius 1 is 0.906 bits per heavy atom. The van der Waals surface area contributed by atoms with Crippen LogP contribution >= 0.6 is 0 Å². The van der Waals surface area contributed by atoms with Gasteiger partial charge in [-0.1, -0.05) is 55.1 Å². The molecule has 0 saturated heterocycles. The van der Waals surface area contributed by atoms with Crippen LogP contribution in [0.4, 0.5) is 5.69 Å². The fourth-order valence-electron chi connectivity index (χ4n) is 6.72. The van der Waals surface area contributed by atoms with E-state index < -0.39 is 6.04 Å². The number of hydrogen-bond donors (Lipinski definition) is 4. The van der Waals surface area contributed by atoms with E-state index in [1.54, 1.807) is 35.1 Å². The highest BCUT2D eigenvalue weighted by atomic mass is 16.5. The molecule has 2 heterocycles. The van der Waals surface area contributed by atoms with E-state index in [9.17, 15) is 19.8 Å². The van der Waals surface area contributed by atoms with Crippen molar-refractivity contribution in [2.45, 2.75) is 44.4 Å². The first-order valence-electron chi connectivity index (χ1n) is 17.7. The summed E-state index contributed by atoms with van der Waals surface area (Å²) in [5, 5.41) is 23.4. The van der Waals surface area contributed by atoms with Crippen molar-refractivity contribution in [3.8, 4) is 11.5 Å². The summed E-state index contributed by atoms with van der Waals surface area (Å²) in [4.78, 5) is 31.0. The van der Waals surface area contributed by atoms with Gasteiger partial charge in [0, 0.05) is 38.3 Å². The third kappa shape index (κ3) is 9.02. The summed E-state index contributed by atoms with van der Waals surface area (Å²) >= 11 is 0. The average molecular weight is 727 g/mol. The van der Waals surface area contributed by atoms with Gasteiger partial charge in [-0.25, -0.2) is 0 Å². The zero-order valence-corrected chi connectivity index (χ0v) is 30.7. The largest absolute Gasteiger partial charge is 0.499 e. The Bertz CT molecular complexity index is 1840. The molecule has 0 aromatic heterocycles. The smallest absolute Gasteiger partial charge is 0.256 e. The van der Waals surface area contributed by atoms with Crippen molar-refractivity contribution in [2.24, 2.45) is 5.73 Å². The number of allylic oxidation sites excluding steroid dienone is 1. The fraction of sp³-hybridized carbons (Fsp3) is 0.366. The first-order valence-corrected chi connectivity index (χ1v) is 17.7. The molecule has 12 heteroatoms. The van der Waals surface area contributed by atoms with Crippen LogP contribution in [0.15, 0.2) is 96.4 Å². The molecule has 53 heavy (non-hydrogen) atoms. The molecule has 0 bridgehead atoms. The highest BCUT2D eigenvalue weighted by molar-refractivity contribution is 6.01. The van der Waals surface area contributed by atoms with Gasteiger partial charge in [0.25, 0.3) is 11.8 Å². The van der Waals surface area contributed by atoms with Crippen molar-refractivity contribution >= 4 is 17.5 Å². The number of rotatable bonds is 16. The molecule has 0 saturated carbocycles. The maximum Gasteiger partial charge on any atom is 0.256 e. The van der Waals surface area contributed by atoms with E-state index in [0.29, 0.717) is 74.1 Å². The van der Waals surface area contributed by atoms with Crippen LogP contribution in [0.5, 0.6) is 11.5 Å². The molecule has 0 aliphatic carbocycles. The van der Waals surface area contributed by atoms with Gasteiger partial charge in [-0.15, -0.1) is 0 Å². The molecular formula is C41H50N4O8. The van der Waals surface area contributed by atoms with Gasteiger partial charge >= 0.3 is 0 Å². The Balaban J connectivity index is 1.19. The molecule has 5 N–H and O–H groups in total. The van der Waals surface area contributed by atoms with Crippen molar-refractivity contribution < 1.29 is 38.7 Å². The number of anilines is 1. The third-order valence-electron chi connectivity index (χ3n) is 9.72. The standard InChI is InChI=1S/C41H50N4O8/c1-5-36(42)34(40(48)44-22-29-13-8-6-11-27(29)17-31(44)24-46)19-33(50-3)26-52-15-10-16-53-39-21-37(43-2)35(20-38(39)51-4)41(49)45-23-30-14-9-7-12-28(30)18-32(45)25-47/h5-9,11-14,19-21,31-32,43,46-47H,1,10,15-18,22-26,42H2,2-4H3/b33-19+,36-34-. The zero-order chi connectivity index (χ0) is 37.9. The Morgan fingerprint density at radius 3 is 2.08 bits per heavy atom. The van der Waals surface area contributed by atoms with E-state index in [4.69, 9.17) is 24.7 Å². The number of carbonyl (C=O) groups is 2. The lowest BCUT2D eigenvalue weighted by Crippen LogP contribution is -2.47. The number of methoxy groups -OCH3 is 2. The Hall–Kier alpha value is -5.30. The quantitative estimate of drug-likeness (QED) is 0.0738. The second-order valence-electron chi connectivity index (χ2n) is 12.9. The minimum atomic E-state index is -0.397. The van der Waals surface area contributed by atoms with Gasteiger partial charge in [-0.05, 0) is 53.3 Å². The second kappa shape index (κ2) is 18.5. The molecule has 0 fully saturated rings. The molecule has 12 nitrogen and oxygen atoms in total. The maximum absolute atomic E-state index is 13.9. The number of carbonyl (C=O) groups excluding carboxylic acids is 2. The molecule has 2 atom stereocenters. The SMILES string of the molecule is C=C/C(N)=C(\C=C(/COCCCOc1cc(NC)c(C(=O)N2Cc3ccccc3CC2CO)cc1OC)OC)C(=O)N1Cc2ccccc2CC1CO. The summed E-state index contributed by atoms with van der Waals surface area (Å²) < 4.78 is 23.1. The van der Waals surface area contributed by atoms with Crippen LogP contribution in [0.25, 0.3) is 0 Å². The Morgan fingerprint density at radius 2 is 1.51 bits per heavy atom. The molecule has 0 spiro atoms. The van der Waals surface area contributed by atoms with Crippen LogP contribution in [0.3, 0.4) is 0 Å². The van der Waals surface area contributed by atoms with E-state index in [-0.39, 0.29) is 48.9 Å². The number of nitrogens with zero attached hydrogens (tertiary/aromatic N) is 2. The molecule has 0 radical (unpaired) electrons. The van der Waals surface area contributed by atoms with Gasteiger partial charge in [0.05, 0.1) is 69.6 Å². The summed E-state index contributed by atoms with van der Waals surface area (Å²) in [6.45, 7) is 4.85. The number of hydrogen-bond acceptors (Lipinski definition) is 10. The van der Waals surface area contributed by atoms with Crippen molar-refractivity contribution in [3.63, 3.8) is 0 Å². The normalized spacial score (nSPS) is 17.3. The molecule has 3 aromatic rings. The second-order valence-corrected chi connectivity index (χ2v) is 12.9. The number of nitrogens with one attached hydrogen (secondary N) is 1. The lowest BCUT2D eigenvalue weighted by molar-refractivity contribution is -0.131. The number of benzene rings is 3.